The Hall–Kier alpha value is -1.30. The summed E-state index contributed by atoms with van der Waals surface area (Å²) in [5.74, 6) is 0.846. The molecule has 3 rings (SSSR count). The first-order valence-corrected chi connectivity index (χ1v) is 10.9. The van der Waals surface area contributed by atoms with Gasteiger partial charge in [-0.1, -0.05) is 30.7 Å². The highest BCUT2D eigenvalue weighted by Gasteiger charge is 2.16. The second-order valence-corrected chi connectivity index (χ2v) is 8.88. The molecule has 3 nitrogen and oxygen atoms in total. The molecule has 1 heterocycles. The third-order valence-corrected chi connectivity index (χ3v) is 6.52. The standard InChI is InChI=1S/C21H25BrClN3S/c1-14-9-11-26(12-10-14)18-6-3-16(4-7-18)15(2)24-21(27)25-17-5-8-19(22)20(23)13-17/h3-8,13-15H,9-12H2,1-2H3,(H2,24,25,27). The Balaban J connectivity index is 1.56. The van der Waals surface area contributed by atoms with E-state index >= 15 is 0 Å². The molecule has 0 aliphatic carbocycles. The molecule has 144 valence electrons. The summed E-state index contributed by atoms with van der Waals surface area (Å²) in [6.45, 7) is 6.75. The van der Waals surface area contributed by atoms with Crippen LogP contribution in [0.1, 0.15) is 38.3 Å². The lowest BCUT2D eigenvalue weighted by atomic mass is 9.98. The molecule has 1 aliphatic heterocycles. The van der Waals surface area contributed by atoms with Crippen LogP contribution >= 0.6 is 39.7 Å². The summed E-state index contributed by atoms with van der Waals surface area (Å²) < 4.78 is 0.866. The summed E-state index contributed by atoms with van der Waals surface area (Å²) in [5.41, 5.74) is 3.38. The minimum Gasteiger partial charge on any atom is -0.372 e. The molecule has 0 bridgehead atoms. The molecule has 2 N–H and O–H groups in total. The topological polar surface area (TPSA) is 27.3 Å². The summed E-state index contributed by atoms with van der Waals surface area (Å²) in [5, 5.41) is 7.75. The minimum atomic E-state index is 0.117. The van der Waals surface area contributed by atoms with Crippen molar-refractivity contribution in [1.82, 2.24) is 5.32 Å². The van der Waals surface area contributed by atoms with Crippen LogP contribution in [-0.4, -0.2) is 18.2 Å². The van der Waals surface area contributed by atoms with Gasteiger partial charge in [0, 0.05) is 28.9 Å². The molecular weight excluding hydrogens is 442 g/mol. The van der Waals surface area contributed by atoms with Crippen LogP contribution in [0.3, 0.4) is 0 Å². The number of hydrogen-bond acceptors (Lipinski definition) is 2. The van der Waals surface area contributed by atoms with Crippen molar-refractivity contribution in [2.45, 2.75) is 32.7 Å². The van der Waals surface area contributed by atoms with Crippen molar-refractivity contribution in [2.24, 2.45) is 5.92 Å². The maximum Gasteiger partial charge on any atom is 0.171 e. The van der Waals surface area contributed by atoms with Crippen LogP contribution in [0, 0.1) is 5.92 Å². The van der Waals surface area contributed by atoms with Crippen molar-refractivity contribution < 1.29 is 0 Å². The Kier molecular flexibility index (Phi) is 7.01. The Morgan fingerprint density at radius 1 is 1.19 bits per heavy atom. The Labute approximate surface area is 180 Å². The fraction of sp³-hybridized carbons (Fsp3) is 0.381. The lowest BCUT2D eigenvalue weighted by Crippen LogP contribution is -2.33. The van der Waals surface area contributed by atoms with E-state index in [1.807, 2.05) is 18.2 Å². The molecule has 27 heavy (non-hydrogen) atoms. The Bertz CT molecular complexity index is 789. The summed E-state index contributed by atoms with van der Waals surface area (Å²) >= 11 is 15.0. The molecule has 1 saturated heterocycles. The van der Waals surface area contributed by atoms with Gasteiger partial charge >= 0.3 is 0 Å². The number of nitrogens with one attached hydrogen (secondary N) is 2. The highest BCUT2D eigenvalue weighted by molar-refractivity contribution is 9.10. The fourth-order valence-corrected chi connectivity index (χ4v) is 3.98. The van der Waals surface area contributed by atoms with Gasteiger partial charge in [0.25, 0.3) is 0 Å². The predicted molar refractivity (Wildman–Crippen MR) is 124 cm³/mol. The minimum absolute atomic E-state index is 0.117. The van der Waals surface area contributed by atoms with Crippen molar-refractivity contribution in [3.05, 3.63) is 57.5 Å². The van der Waals surface area contributed by atoms with Crippen LogP contribution in [-0.2, 0) is 0 Å². The van der Waals surface area contributed by atoms with E-state index in [2.05, 4.69) is 69.6 Å². The average Bonchev–Trinajstić information content (AvgIpc) is 2.65. The molecule has 2 aromatic rings. The average molecular weight is 467 g/mol. The molecule has 0 radical (unpaired) electrons. The van der Waals surface area contributed by atoms with Gasteiger partial charge in [0.2, 0.25) is 0 Å². The number of anilines is 2. The third-order valence-electron chi connectivity index (χ3n) is 5.07. The van der Waals surface area contributed by atoms with Crippen molar-refractivity contribution in [1.29, 1.82) is 0 Å². The maximum atomic E-state index is 6.13. The van der Waals surface area contributed by atoms with Crippen LogP contribution in [0.5, 0.6) is 0 Å². The number of nitrogens with zero attached hydrogens (tertiary/aromatic N) is 1. The van der Waals surface area contributed by atoms with E-state index in [1.54, 1.807) is 0 Å². The van der Waals surface area contributed by atoms with E-state index in [-0.39, 0.29) is 6.04 Å². The molecule has 0 saturated carbocycles. The predicted octanol–water partition coefficient (Wildman–Crippen LogP) is 6.39. The molecule has 6 heteroatoms. The molecule has 0 aromatic heterocycles. The van der Waals surface area contributed by atoms with E-state index in [0.717, 1.165) is 29.2 Å². The zero-order valence-corrected chi connectivity index (χ0v) is 18.8. The Morgan fingerprint density at radius 2 is 1.85 bits per heavy atom. The van der Waals surface area contributed by atoms with Gasteiger partial charge < -0.3 is 15.5 Å². The number of rotatable bonds is 4. The van der Waals surface area contributed by atoms with Crippen LogP contribution in [0.2, 0.25) is 5.02 Å². The van der Waals surface area contributed by atoms with Crippen molar-refractivity contribution >= 4 is 56.2 Å². The summed E-state index contributed by atoms with van der Waals surface area (Å²) in [6.07, 6.45) is 2.56. The molecule has 1 fully saturated rings. The van der Waals surface area contributed by atoms with E-state index in [0.29, 0.717) is 10.1 Å². The van der Waals surface area contributed by atoms with Gasteiger partial charge in [0.15, 0.2) is 5.11 Å². The highest BCUT2D eigenvalue weighted by Crippen LogP contribution is 2.26. The second kappa shape index (κ2) is 9.26. The SMILES string of the molecule is CC1CCN(c2ccc(C(C)NC(=S)Nc3ccc(Br)c(Cl)c3)cc2)CC1. The van der Waals surface area contributed by atoms with Crippen molar-refractivity contribution in [3.63, 3.8) is 0 Å². The first-order valence-electron chi connectivity index (χ1n) is 9.30. The lowest BCUT2D eigenvalue weighted by molar-refractivity contribution is 0.438. The first kappa shape index (κ1) is 20.4. The monoisotopic (exact) mass is 465 g/mol. The molecule has 2 aromatic carbocycles. The fourth-order valence-electron chi connectivity index (χ4n) is 3.26. The third kappa shape index (κ3) is 5.59. The van der Waals surface area contributed by atoms with E-state index in [9.17, 15) is 0 Å². The highest BCUT2D eigenvalue weighted by atomic mass is 79.9. The van der Waals surface area contributed by atoms with Crippen LogP contribution in [0.15, 0.2) is 46.9 Å². The van der Waals surface area contributed by atoms with Gasteiger partial charge in [-0.3, -0.25) is 0 Å². The molecule has 0 spiro atoms. The largest absolute Gasteiger partial charge is 0.372 e. The van der Waals surface area contributed by atoms with Crippen LogP contribution in [0.25, 0.3) is 0 Å². The molecular formula is C21H25BrClN3S. The van der Waals surface area contributed by atoms with Gasteiger partial charge in [-0.2, -0.15) is 0 Å². The van der Waals surface area contributed by atoms with E-state index in [4.69, 9.17) is 23.8 Å². The summed E-state index contributed by atoms with van der Waals surface area (Å²) in [7, 11) is 0. The molecule has 1 unspecified atom stereocenters. The molecule has 1 aliphatic rings. The summed E-state index contributed by atoms with van der Waals surface area (Å²) in [6, 6.07) is 14.6. The zero-order chi connectivity index (χ0) is 19.4. The normalized spacial score (nSPS) is 16.1. The smallest absolute Gasteiger partial charge is 0.171 e. The van der Waals surface area contributed by atoms with E-state index < -0.39 is 0 Å². The maximum absolute atomic E-state index is 6.13. The van der Waals surface area contributed by atoms with Crippen LogP contribution in [0.4, 0.5) is 11.4 Å². The van der Waals surface area contributed by atoms with Crippen LogP contribution < -0.4 is 15.5 Å². The van der Waals surface area contributed by atoms with Gasteiger partial charge in [0.05, 0.1) is 11.1 Å². The Morgan fingerprint density at radius 3 is 2.48 bits per heavy atom. The van der Waals surface area contributed by atoms with Gasteiger partial charge in [-0.25, -0.2) is 0 Å². The van der Waals surface area contributed by atoms with Gasteiger partial charge in [-0.05, 0) is 89.7 Å². The quantitative estimate of drug-likeness (QED) is 0.511. The second-order valence-electron chi connectivity index (χ2n) is 7.21. The van der Waals surface area contributed by atoms with Gasteiger partial charge in [0.1, 0.15) is 0 Å². The molecule has 0 amide bonds. The summed E-state index contributed by atoms with van der Waals surface area (Å²) in [4.78, 5) is 2.48. The zero-order valence-electron chi connectivity index (χ0n) is 15.6. The number of thiocarbonyl (C=S) groups is 1. The van der Waals surface area contributed by atoms with E-state index in [1.165, 1.54) is 24.1 Å². The lowest BCUT2D eigenvalue weighted by Gasteiger charge is -2.32. The van der Waals surface area contributed by atoms with Crippen molar-refractivity contribution in [2.75, 3.05) is 23.3 Å². The molecule has 1 atom stereocenters. The number of piperidine rings is 1. The van der Waals surface area contributed by atoms with Crippen molar-refractivity contribution in [3.8, 4) is 0 Å². The number of halogens is 2. The number of benzene rings is 2. The first-order chi connectivity index (χ1) is 12.9. The number of hydrogen-bond donors (Lipinski definition) is 2. The van der Waals surface area contributed by atoms with Gasteiger partial charge in [-0.15, -0.1) is 0 Å².